The number of rotatable bonds is 7. The molecule has 4 aliphatic rings. The molecule has 8 nitrogen and oxygen atoms in total. The average molecular weight is 632 g/mol. The third kappa shape index (κ3) is 5.47. The smallest absolute Gasteiger partial charge is 0.319 e. The van der Waals surface area contributed by atoms with Gasteiger partial charge in [0.25, 0.3) is 0 Å². The molecule has 4 aliphatic heterocycles. The summed E-state index contributed by atoms with van der Waals surface area (Å²) < 4.78 is 29.0. The maximum Gasteiger partial charge on any atom is 0.319 e. The van der Waals surface area contributed by atoms with Crippen LogP contribution < -0.4 is 15.0 Å². The molecule has 5 heterocycles. The lowest BCUT2D eigenvalue weighted by atomic mass is 9.93. The Labute approximate surface area is 267 Å². The van der Waals surface area contributed by atoms with Crippen molar-refractivity contribution in [1.29, 1.82) is 0 Å². The number of phenolic OH excluding ortho intramolecular Hbond substituents is 1. The van der Waals surface area contributed by atoms with Gasteiger partial charge in [0.05, 0.1) is 24.8 Å². The number of piperazine rings is 1. The van der Waals surface area contributed by atoms with Gasteiger partial charge in [0.2, 0.25) is 0 Å². The fourth-order valence-corrected chi connectivity index (χ4v) is 8.32. The Morgan fingerprint density at radius 1 is 1.04 bits per heavy atom. The lowest BCUT2D eigenvalue weighted by Gasteiger charge is -2.46. The zero-order chi connectivity index (χ0) is 30.7. The molecule has 4 unspecified atom stereocenters. The van der Waals surface area contributed by atoms with Gasteiger partial charge in [-0.2, -0.15) is 9.97 Å². The molecule has 0 radical (unpaired) electrons. The van der Waals surface area contributed by atoms with Crippen LogP contribution in [-0.2, 0) is 4.74 Å². The normalized spacial score (nSPS) is 25.6. The second-order valence-corrected chi connectivity index (χ2v) is 13.8. The monoisotopic (exact) mass is 631 g/mol. The van der Waals surface area contributed by atoms with Crippen LogP contribution in [0.3, 0.4) is 0 Å². The highest BCUT2D eigenvalue weighted by Gasteiger charge is 2.36. The fourth-order valence-electron chi connectivity index (χ4n) is 8.03. The first-order chi connectivity index (χ1) is 21.9. The molecule has 0 aliphatic carbocycles. The second kappa shape index (κ2) is 11.8. The van der Waals surface area contributed by atoms with E-state index >= 15 is 4.39 Å². The van der Waals surface area contributed by atoms with Crippen molar-refractivity contribution in [3.8, 4) is 22.9 Å². The van der Waals surface area contributed by atoms with E-state index in [0.717, 1.165) is 56.5 Å². The van der Waals surface area contributed by atoms with Crippen molar-refractivity contribution in [2.45, 2.75) is 63.2 Å². The van der Waals surface area contributed by atoms with E-state index < -0.39 is 5.82 Å². The first-order valence-corrected chi connectivity index (χ1v) is 16.7. The molecule has 0 saturated carbocycles. The lowest BCUT2D eigenvalue weighted by molar-refractivity contribution is -0.0798. The van der Waals surface area contributed by atoms with E-state index in [4.69, 9.17) is 26.1 Å². The van der Waals surface area contributed by atoms with Gasteiger partial charge in [-0.15, -0.1) is 0 Å². The molecule has 0 amide bonds. The van der Waals surface area contributed by atoms with Gasteiger partial charge in [0.1, 0.15) is 17.1 Å². The van der Waals surface area contributed by atoms with Crippen LogP contribution in [0, 0.1) is 11.7 Å². The number of aromatic nitrogens is 2. The highest BCUT2D eigenvalue weighted by molar-refractivity contribution is 6.35. The summed E-state index contributed by atoms with van der Waals surface area (Å²) in [6.07, 6.45) is 5.83. The number of halogens is 2. The molecule has 4 saturated heterocycles. The molecule has 4 aromatic rings. The van der Waals surface area contributed by atoms with Gasteiger partial charge in [-0.25, -0.2) is 4.39 Å². The van der Waals surface area contributed by atoms with Crippen LogP contribution in [0.1, 0.15) is 39.0 Å². The molecule has 3 aromatic carbocycles. The van der Waals surface area contributed by atoms with Crippen LogP contribution in [0.2, 0.25) is 5.02 Å². The number of ether oxygens (including phenoxy) is 2. The Bertz CT molecular complexity index is 1720. The van der Waals surface area contributed by atoms with Gasteiger partial charge in [-0.3, -0.25) is 4.90 Å². The van der Waals surface area contributed by atoms with Crippen molar-refractivity contribution < 1.29 is 19.0 Å². The Hall–Kier alpha value is -3.24. The number of piperidine rings is 1. The minimum Gasteiger partial charge on any atom is -0.508 e. The van der Waals surface area contributed by atoms with Gasteiger partial charge in [-0.1, -0.05) is 49.2 Å². The molecule has 1 aromatic heterocycles. The topological polar surface area (TPSA) is 83.0 Å². The van der Waals surface area contributed by atoms with Gasteiger partial charge < -0.3 is 24.8 Å². The van der Waals surface area contributed by atoms with Crippen molar-refractivity contribution >= 4 is 39.1 Å². The van der Waals surface area contributed by atoms with E-state index in [2.05, 4.69) is 27.0 Å². The van der Waals surface area contributed by atoms with Gasteiger partial charge in [0.15, 0.2) is 5.82 Å². The molecule has 2 N–H and O–H groups in total. The molecular formula is C35H39ClFN5O3. The molecule has 5 atom stereocenters. The maximum atomic E-state index is 16.8. The van der Waals surface area contributed by atoms with Crippen molar-refractivity contribution in [2.24, 2.45) is 5.92 Å². The number of morpholine rings is 1. The largest absolute Gasteiger partial charge is 0.508 e. The van der Waals surface area contributed by atoms with E-state index in [0.29, 0.717) is 47.5 Å². The summed E-state index contributed by atoms with van der Waals surface area (Å²) in [4.78, 5) is 14.4. The van der Waals surface area contributed by atoms with Crippen LogP contribution in [0.15, 0.2) is 42.5 Å². The summed E-state index contributed by atoms with van der Waals surface area (Å²) >= 11 is 6.90. The summed E-state index contributed by atoms with van der Waals surface area (Å²) in [5.74, 6) is 0.376. The first-order valence-electron chi connectivity index (χ1n) is 16.3. The zero-order valence-electron chi connectivity index (χ0n) is 25.5. The Morgan fingerprint density at radius 3 is 2.58 bits per heavy atom. The molecule has 45 heavy (non-hydrogen) atoms. The molecule has 236 valence electrons. The number of hydrogen-bond donors (Lipinski definition) is 2. The summed E-state index contributed by atoms with van der Waals surface area (Å²) in [5, 5.41) is 16.6. The molecule has 0 spiro atoms. The van der Waals surface area contributed by atoms with Gasteiger partial charge in [0, 0.05) is 60.7 Å². The predicted molar refractivity (Wildman–Crippen MR) is 175 cm³/mol. The zero-order valence-corrected chi connectivity index (χ0v) is 26.3. The summed E-state index contributed by atoms with van der Waals surface area (Å²) in [6.45, 7) is 6.67. The number of anilines is 1. The molecule has 10 heteroatoms. The first kappa shape index (κ1) is 29.2. The number of aromatic hydroxyl groups is 1. The van der Waals surface area contributed by atoms with Crippen molar-refractivity contribution in [1.82, 2.24) is 20.2 Å². The standard InChI is InChI=1S/C35H39ClFN5O3/c1-20(14-42-24-6-4-7-25(42)19-44-18-24)17-45-35-39-33-29(34(40-35)41-15-22-9-10-23(16-41)38-22)13-30(36)31(32(33)37)28-12-26(43)11-21-5-2-3-8-27(21)28/h2-3,5,8,11-13,20,22-25,38,43H,4,6-7,9-10,14-19H2,1H3/t20-,22?,23?,24?,25?/m1/s1. The maximum absolute atomic E-state index is 16.8. The Morgan fingerprint density at radius 2 is 1.80 bits per heavy atom. The van der Waals surface area contributed by atoms with E-state index in [1.54, 1.807) is 18.2 Å². The SMILES string of the molecule is C[C@@H](COc1nc(N2CC3CCC(C2)N3)c2cc(Cl)c(-c3cc(O)cc4ccccc34)c(F)c2n1)CN1C2CCCC1COC2. The minimum absolute atomic E-state index is 0.0429. The Kier molecular flexibility index (Phi) is 7.68. The van der Waals surface area contributed by atoms with E-state index in [-0.39, 0.29) is 33.8 Å². The molecule has 4 fully saturated rings. The third-order valence-electron chi connectivity index (χ3n) is 10.1. The molecule has 8 rings (SSSR count). The van der Waals surface area contributed by atoms with Crippen LogP contribution >= 0.6 is 11.6 Å². The third-order valence-corrected chi connectivity index (χ3v) is 10.4. The average Bonchev–Trinajstić information content (AvgIpc) is 3.36. The highest BCUT2D eigenvalue weighted by Crippen LogP contribution is 2.43. The number of phenols is 1. The van der Waals surface area contributed by atoms with Crippen molar-refractivity contribution in [3.05, 3.63) is 53.3 Å². The Balaban J connectivity index is 1.17. The van der Waals surface area contributed by atoms with Gasteiger partial charge >= 0.3 is 6.01 Å². The quantitative estimate of drug-likeness (QED) is 0.251. The number of nitrogens with one attached hydrogen (secondary N) is 1. The van der Waals surface area contributed by atoms with Crippen LogP contribution in [0.25, 0.3) is 32.8 Å². The van der Waals surface area contributed by atoms with Gasteiger partial charge in [-0.05, 0) is 60.2 Å². The number of fused-ring (bicyclic) bond motifs is 6. The predicted octanol–water partition coefficient (Wildman–Crippen LogP) is 6.16. The van der Waals surface area contributed by atoms with E-state index in [1.807, 2.05) is 24.3 Å². The second-order valence-electron chi connectivity index (χ2n) is 13.4. The number of nitrogens with zero attached hydrogens (tertiary/aromatic N) is 4. The lowest BCUT2D eigenvalue weighted by Crippen LogP contribution is -2.56. The summed E-state index contributed by atoms with van der Waals surface area (Å²) in [6, 6.07) is 14.4. The molecular weight excluding hydrogens is 593 g/mol. The highest BCUT2D eigenvalue weighted by atomic mass is 35.5. The van der Waals surface area contributed by atoms with Crippen molar-refractivity contribution in [2.75, 3.05) is 44.4 Å². The van der Waals surface area contributed by atoms with Crippen LogP contribution in [0.4, 0.5) is 10.2 Å². The molecule has 4 bridgehead atoms. The van der Waals surface area contributed by atoms with Crippen molar-refractivity contribution in [3.63, 3.8) is 0 Å². The summed E-state index contributed by atoms with van der Waals surface area (Å²) in [5.41, 5.74) is 0.894. The summed E-state index contributed by atoms with van der Waals surface area (Å²) in [7, 11) is 0. The van der Waals surface area contributed by atoms with Crippen LogP contribution in [0.5, 0.6) is 11.8 Å². The van der Waals surface area contributed by atoms with Crippen LogP contribution in [-0.4, -0.2) is 83.6 Å². The van der Waals surface area contributed by atoms with E-state index in [9.17, 15) is 5.11 Å². The van der Waals surface area contributed by atoms with E-state index in [1.165, 1.54) is 19.3 Å². The number of benzene rings is 3. The fraction of sp³-hybridized carbons (Fsp3) is 0.486. The number of hydrogen-bond acceptors (Lipinski definition) is 8. The minimum atomic E-state index is -0.547.